The van der Waals surface area contributed by atoms with Crippen molar-refractivity contribution in [3.63, 3.8) is 0 Å². The molecular weight excluding hydrogens is 521 g/mol. The Morgan fingerprint density at radius 3 is 2.58 bits per heavy atom. The lowest BCUT2D eigenvalue weighted by molar-refractivity contribution is -0.227. The first-order chi connectivity index (χ1) is 18.1. The Morgan fingerprint density at radius 1 is 1.29 bits per heavy atom. The molecule has 2 saturated heterocycles. The van der Waals surface area contributed by atoms with Gasteiger partial charge in [-0.05, 0) is 32.4 Å². The maximum absolute atomic E-state index is 13.9. The summed E-state index contributed by atoms with van der Waals surface area (Å²) < 4.78 is 43.3. The number of hydrogen-bond acceptors (Lipinski definition) is 10. The fraction of sp³-hybridized carbons (Fsp3) is 0.542. The van der Waals surface area contributed by atoms with E-state index in [1.54, 1.807) is 51.1 Å². The van der Waals surface area contributed by atoms with E-state index < -0.39 is 61.7 Å². The van der Waals surface area contributed by atoms with Crippen molar-refractivity contribution < 1.29 is 37.7 Å². The highest BCUT2D eigenvalue weighted by molar-refractivity contribution is 7.52. The Balaban J connectivity index is 1.55. The first-order valence-corrected chi connectivity index (χ1v) is 13.9. The van der Waals surface area contributed by atoms with Gasteiger partial charge < -0.3 is 23.8 Å². The van der Waals surface area contributed by atoms with E-state index in [4.69, 9.17) is 23.3 Å². The van der Waals surface area contributed by atoms with Crippen molar-refractivity contribution >= 4 is 13.7 Å². The minimum atomic E-state index is -4.23. The van der Waals surface area contributed by atoms with Crippen molar-refractivity contribution in [2.45, 2.75) is 69.8 Å². The van der Waals surface area contributed by atoms with Crippen LogP contribution in [-0.2, 0) is 28.1 Å². The Kier molecular flexibility index (Phi) is 8.55. The molecule has 13 nitrogen and oxygen atoms in total. The van der Waals surface area contributed by atoms with Crippen LogP contribution in [0.1, 0.15) is 39.8 Å². The van der Waals surface area contributed by atoms with Gasteiger partial charge in [-0.15, -0.1) is 0 Å². The third-order valence-corrected chi connectivity index (χ3v) is 7.85. The van der Waals surface area contributed by atoms with Gasteiger partial charge in [0.1, 0.15) is 29.6 Å². The van der Waals surface area contributed by atoms with Crippen molar-refractivity contribution in [1.29, 1.82) is 0 Å². The number of para-hydroxylation sites is 1. The largest absolute Gasteiger partial charge is 0.462 e. The number of nitrogens with one attached hydrogen (secondary N) is 2. The zero-order valence-corrected chi connectivity index (χ0v) is 22.2. The van der Waals surface area contributed by atoms with Gasteiger partial charge in [0.05, 0.1) is 19.3 Å². The second-order valence-electron chi connectivity index (χ2n) is 9.32. The molecule has 38 heavy (non-hydrogen) atoms. The van der Waals surface area contributed by atoms with Crippen LogP contribution < -0.4 is 20.9 Å². The van der Waals surface area contributed by atoms with Crippen molar-refractivity contribution in [1.82, 2.24) is 14.6 Å². The van der Waals surface area contributed by atoms with Crippen molar-refractivity contribution in [3.05, 3.63) is 63.4 Å². The maximum Gasteiger partial charge on any atom is 0.459 e. The molecule has 1 aromatic carbocycles. The number of carbonyl (C=O) groups excluding carboxylic acids is 1. The van der Waals surface area contributed by atoms with E-state index in [1.165, 1.54) is 6.20 Å². The number of nitrogens with zero attached hydrogens (tertiary/aromatic N) is 1. The predicted octanol–water partition coefficient (Wildman–Crippen LogP) is 1.48. The molecule has 0 aliphatic carbocycles. The second-order valence-corrected chi connectivity index (χ2v) is 11.0. The summed E-state index contributed by atoms with van der Waals surface area (Å²) in [7, 11) is -4.23. The summed E-state index contributed by atoms with van der Waals surface area (Å²) in [5.74, 6) is -0.403. The maximum atomic E-state index is 13.9. The average molecular weight is 554 g/mol. The van der Waals surface area contributed by atoms with E-state index >= 15 is 0 Å². The molecule has 4 rings (SSSR count). The molecule has 2 aliphatic rings. The number of aliphatic hydroxyl groups excluding tert-OH is 1. The fourth-order valence-corrected chi connectivity index (χ4v) is 5.91. The van der Waals surface area contributed by atoms with Crippen LogP contribution in [0.15, 0.2) is 52.2 Å². The number of aromatic nitrogens is 2. The van der Waals surface area contributed by atoms with Gasteiger partial charge >= 0.3 is 19.4 Å². The Hall–Kier alpha value is -2.80. The molecule has 3 N–H and O–H groups in total. The number of hydrogen-bond donors (Lipinski definition) is 3. The van der Waals surface area contributed by atoms with Gasteiger partial charge in [-0.1, -0.05) is 25.1 Å². The van der Waals surface area contributed by atoms with Crippen LogP contribution in [0.3, 0.4) is 0 Å². The number of rotatable bonds is 11. The molecule has 0 bridgehead atoms. The van der Waals surface area contributed by atoms with E-state index in [-0.39, 0.29) is 18.3 Å². The van der Waals surface area contributed by atoms with Crippen LogP contribution in [0.5, 0.6) is 5.75 Å². The Labute approximate surface area is 218 Å². The quantitative estimate of drug-likeness (QED) is 0.272. The summed E-state index contributed by atoms with van der Waals surface area (Å²) >= 11 is 0. The minimum absolute atomic E-state index is 0.222. The molecule has 2 aliphatic heterocycles. The highest BCUT2D eigenvalue weighted by Crippen LogP contribution is 2.50. The summed E-state index contributed by atoms with van der Waals surface area (Å²) in [5.41, 5.74) is -2.58. The summed E-state index contributed by atoms with van der Waals surface area (Å²) in [4.78, 5) is 38.7. The van der Waals surface area contributed by atoms with Crippen molar-refractivity contribution in [2.24, 2.45) is 0 Å². The summed E-state index contributed by atoms with van der Waals surface area (Å²) in [5, 5.41) is 13.7. The molecular formula is C24H32N3O10P. The van der Waals surface area contributed by atoms with Gasteiger partial charge in [0.25, 0.3) is 5.56 Å². The van der Waals surface area contributed by atoms with Crippen molar-refractivity contribution in [2.75, 3.05) is 13.2 Å². The average Bonchev–Trinajstić information content (AvgIpc) is 3.14. The third-order valence-electron chi connectivity index (χ3n) is 6.28. The normalized spacial score (nSPS) is 27.0. The van der Waals surface area contributed by atoms with Crippen molar-refractivity contribution in [3.8, 4) is 5.75 Å². The van der Waals surface area contributed by atoms with Crippen LogP contribution in [0.4, 0.5) is 0 Å². The number of aromatic amines is 1. The third kappa shape index (κ3) is 5.93. The molecule has 208 valence electrons. The molecule has 2 aromatic rings. The van der Waals surface area contributed by atoms with Crippen LogP contribution in [0.25, 0.3) is 0 Å². The SMILES string of the molecule is CC[C@H](NP(=O)(OC[C@H]1O[C@@H](n2ccc(=O)[nH]c2=O)[C@@]2(CCO2)[C@@H]1O)Oc1ccccc1)C(=O)OC(C)C. The molecule has 0 saturated carbocycles. The number of ether oxygens (including phenoxy) is 3. The molecule has 1 aromatic heterocycles. The first-order valence-electron chi connectivity index (χ1n) is 12.3. The first kappa shape index (κ1) is 28.2. The molecule has 14 heteroatoms. The van der Waals surface area contributed by atoms with E-state index in [1.807, 2.05) is 0 Å². The number of aliphatic hydroxyl groups is 1. The van der Waals surface area contributed by atoms with Crippen LogP contribution in [0.2, 0.25) is 0 Å². The highest BCUT2D eigenvalue weighted by atomic mass is 31.2. The van der Waals surface area contributed by atoms with Crippen LogP contribution >= 0.6 is 7.75 Å². The lowest BCUT2D eigenvalue weighted by atomic mass is 9.86. The Bertz CT molecular complexity index is 1280. The monoisotopic (exact) mass is 553 g/mol. The van der Waals surface area contributed by atoms with Gasteiger partial charge in [-0.2, -0.15) is 5.09 Å². The lowest BCUT2D eigenvalue weighted by Gasteiger charge is -2.44. The highest BCUT2D eigenvalue weighted by Gasteiger charge is 2.62. The molecule has 1 unspecified atom stereocenters. The summed E-state index contributed by atoms with van der Waals surface area (Å²) in [6, 6.07) is 8.40. The molecule has 0 radical (unpaired) electrons. The fourth-order valence-electron chi connectivity index (χ4n) is 4.32. The summed E-state index contributed by atoms with van der Waals surface area (Å²) in [6.45, 7) is 4.99. The minimum Gasteiger partial charge on any atom is -0.462 e. The molecule has 3 heterocycles. The number of H-pyrrole nitrogens is 1. The number of carbonyl (C=O) groups is 1. The topological polar surface area (TPSA) is 167 Å². The zero-order valence-electron chi connectivity index (χ0n) is 21.3. The van der Waals surface area contributed by atoms with Crippen LogP contribution in [0, 0.1) is 0 Å². The van der Waals surface area contributed by atoms with Gasteiger partial charge in [-0.25, -0.2) is 9.36 Å². The molecule has 6 atom stereocenters. The predicted molar refractivity (Wildman–Crippen MR) is 134 cm³/mol. The molecule has 2 fully saturated rings. The van der Waals surface area contributed by atoms with E-state index in [9.17, 15) is 24.1 Å². The smallest absolute Gasteiger partial charge is 0.459 e. The van der Waals surface area contributed by atoms with Gasteiger partial charge in [0.2, 0.25) is 0 Å². The van der Waals surface area contributed by atoms with Gasteiger partial charge in [0, 0.05) is 18.7 Å². The number of benzene rings is 1. The Morgan fingerprint density at radius 2 is 2.00 bits per heavy atom. The molecule has 1 spiro atoms. The van der Waals surface area contributed by atoms with Crippen LogP contribution in [-0.4, -0.2) is 63.8 Å². The second kappa shape index (κ2) is 11.5. The van der Waals surface area contributed by atoms with E-state index in [0.717, 1.165) is 10.6 Å². The van der Waals surface area contributed by atoms with Gasteiger partial charge in [-0.3, -0.25) is 23.7 Å². The molecule has 0 amide bonds. The summed E-state index contributed by atoms with van der Waals surface area (Å²) in [6.07, 6.45) is -1.96. The van der Waals surface area contributed by atoms with Gasteiger partial charge in [0.15, 0.2) is 6.23 Å². The number of esters is 1. The standard InChI is InChI=1S/C24H32N3O10P/c1-4-17(21(30)35-15(2)3)26-38(32,37-16-8-6-5-7-9-16)34-14-18-20(29)24(11-13-33-24)22(36-18)27-12-10-19(28)25-23(27)31/h5-10,12,15,17-18,20,22,29H,4,11,13-14H2,1-3H3,(H,26,32)(H,25,28,31)/t17-,18+,20+,22+,24+,38?/m0/s1. The van der Waals surface area contributed by atoms with E-state index in [0.29, 0.717) is 13.0 Å². The zero-order chi connectivity index (χ0) is 27.5. The lowest BCUT2D eigenvalue weighted by Crippen LogP contribution is -2.57. The van der Waals surface area contributed by atoms with E-state index in [2.05, 4.69) is 10.1 Å².